The zero-order chi connectivity index (χ0) is 9.73. The third kappa shape index (κ3) is 4.34. The second-order valence-electron chi connectivity index (χ2n) is 4.29. The van der Waals surface area contributed by atoms with Gasteiger partial charge in [-0.3, -0.25) is 0 Å². The molecule has 0 spiro atoms. The first-order valence-electron chi connectivity index (χ1n) is 5.09. The maximum absolute atomic E-state index is 9.89. The van der Waals surface area contributed by atoms with Crippen LogP contribution in [0.4, 0.5) is 0 Å². The lowest BCUT2D eigenvalue weighted by Crippen LogP contribution is -2.43. The van der Waals surface area contributed by atoms with Gasteiger partial charge in [0.15, 0.2) is 0 Å². The topological polar surface area (TPSA) is 32.3 Å². The summed E-state index contributed by atoms with van der Waals surface area (Å²) < 4.78 is 0. The Kier molecular flexibility index (Phi) is 4.56. The lowest BCUT2D eigenvalue weighted by atomic mass is 10.1. The van der Waals surface area contributed by atoms with Crippen LogP contribution in [-0.4, -0.2) is 35.3 Å². The van der Waals surface area contributed by atoms with Crippen molar-refractivity contribution in [3.05, 3.63) is 0 Å². The van der Waals surface area contributed by atoms with E-state index >= 15 is 0 Å². The average molecular weight is 203 g/mol. The highest BCUT2D eigenvalue weighted by Gasteiger charge is 2.22. The fourth-order valence-corrected chi connectivity index (χ4v) is 2.58. The Labute approximate surface area is 85.5 Å². The van der Waals surface area contributed by atoms with Gasteiger partial charge in [-0.2, -0.15) is 11.8 Å². The third-order valence-corrected chi connectivity index (χ3v) is 3.49. The van der Waals surface area contributed by atoms with Gasteiger partial charge in [0.25, 0.3) is 0 Å². The molecule has 0 heterocycles. The molecule has 1 saturated carbocycles. The maximum Gasteiger partial charge on any atom is 0.0833 e. The maximum atomic E-state index is 9.89. The molecule has 1 aliphatic carbocycles. The summed E-state index contributed by atoms with van der Waals surface area (Å²) in [6.45, 7) is 2.64. The molecular formula is C10H21NOS. The molecule has 0 aliphatic heterocycles. The zero-order valence-electron chi connectivity index (χ0n) is 8.68. The van der Waals surface area contributed by atoms with Crippen molar-refractivity contribution in [1.82, 2.24) is 5.32 Å². The Hall–Kier alpha value is 0.270. The van der Waals surface area contributed by atoms with Gasteiger partial charge in [0.2, 0.25) is 0 Å². The minimum atomic E-state index is -0.540. The molecule has 0 radical (unpaired) electrons. The molecule has 2 N–H and O–H groups in total. The second-order valence-corrected chi connectivity index (χ2v) is 5.16. The van der Waals surface area contributed by atoms with Crippen molar-refractivity contribution in [3.63, 3.8) is 0 Å². The van der Waals surface area contributed by atoms with E-state index < -0.39 is 5.60 Å². The van der Waals surface area contributed by atoms with Gasteiger partial charge in [0.05, 0.1) is 5.60 Å². The predicted molar refractivity (Wildman–Crippen MR) is 59.3 cm³/mol. The van der Waals surface area contributed by atoms with Gasteiger partial charge in [-0.05, 0) is 26.0 Å². The molecule has 0 aromatic heterocycles. The molecule has 0 amide bonds. The van der Waals surface area contributed by atoms with Crippen LogP contribution < -0.4 is 5.32 Å². The molecule has 2 nitrogen and oxygen atoms in total. The first kappa shape index (κ1) is 11.3. The number of aliphatic hydroxyl groups is 1. The third-order valence-electron chi connectivity index (χ3n) is 2.58. The van der Waals surface area contributed by atoms with Crippen molar-refractivity contribution in [1.29, 1.82) is 0 Å². The smallest absolute Gasteiger partial charge is 0.0833 e. The number of thioether (sulfide) groups is 1. The second kappa shape index (κ2) is 5.23. The number of hydrogen-bond acceptors (Lipinski definition) is 3. The summed E-state index contributed by atoms with van der Waals surface area (Å²) in [5.74, 6) is 0.812. The van der Waals surface area contributed by atoms with E-state index in [4.69, 9.17) is 0 Å². The van der Waals surface area contributed by atoms with E-state index in [1.165, 1.54) is 25.7 Å². The van der Waals surface area contributed by atoms with Gasteiger partial charge in [-0.15, -0.1) is 0 Å². The van der Waals surface area contributed by atoms with Crippen molar-refractivity contribution in [2.75, 3.05) is 18.6 Å². The fraction of sp³-hybridized carbons (Fsp3) is 1.00. The molecule has 1 rings (SSSR count). The number of hydrogen-bond donors (Lipinski definition) is 2. The Morgan fingerprint density at radius 1 is 1.46 bits per heavy atom. The van der Waals surface area contributed by atoms with Gasteiger partial charge in [0, 0.05) is 18.3 Å². The molecule has 13 heavy (non-hydrogen) atoms. The van der Waals surface area contributed by atoms with E-state index in [1.54, 1.807) is 11.8 Å². The molecule has 0 bridgehead atoms. The number of nitrogens with one attached hydrogen (secondary N) is 1. The van der Waals surface area contributed by atoms with E-state index in [0.717, 1.165) is 12.3 Å². The van der Waals surface area contributed by atoms with Crippen LogP contribution in [-0.2, 0) is 0 Å². The summed E-state index contributed by atoms with van der Waals surface area (Å²) in [5, 5.41) is 13.3. The van der Waals surface area contributed by atoms with Crippen LogP contribution in [0.25, 0.3) is 0 Å². The molecule has 0 aromatic carbocycles. The minimum Gasteiger partial charge on any atom is -0.388 e. The average Bonchev–Trinajstić information content (AvgIpc) is 2.52. The van der Waals surface area contributed by atoms with Crippen molar-refractivity contribution < 1.29 is 5.11 Å². The zero-order valence-corrected chi connectivity index (χ0v) is 9.49. The normalized spacial score (nSPS) is 23.3. The Balaban J connectivity index is 2.15. The van der Waals surface area contributed by atoms with Gasteiger partial charge >= 0.3 is 0 Å². The van der Waals surface area contributed by atoms with Crippen molar-refractivity contribution >= 4 is 11.8 Å². The lowest BCUT2D eigenvalue weighted by molar-refractivity contribution is 0.0816. The van der Waals surface area contributed by atoms with Crippen molar-refractivity contribution in [2.24, 2.45) is 0 Å². The summed E-state index contributed by atoms with van der Waals surface area (Å²) in [6, 6.07) is 0.660. The van der Waals surface area contributed by atoms with Crippen LogP contribution in [0.1, 0.15) is 32.6 Å². The van der Waals surface area contributed by atoms with Crippen LogP contribution in [0.5, 0.6) is 0 Å². The summed E-state index contributed by atoms with van der Waals surface area (Å²) in [5.41, 5.74) is -0.540. The standard InChI is InChI=1S/C10H21NOS/c1-10(12,8-13-2)7-11-9-5-3-4-6-9/h9,11-12H,3-8H2,1-2H3. The number of rotatable bonds is 5. The largest absolute Gasteiger partial charge is 0.388 e. The lowest BCUT2D eigenvalue weighted by Gasteiger charge is -2.24. The van der Waals surface area contributed by atoms with E-state index in [1.807, 2.05) is 13.2 Å². The molecule has 1 fully saturated rings. The summed E-state index contributed by atoms with van der Waals surface area (Å²) in [4.78, 5) is 0. The molecule has 1 atom stereocenters. The van der Waals surface area contributed by atoms with Crippen molar-refractivity contribution in [2.45, 2.75) is 44.2 Å². The van der Waals surface area contributed by atoms with Gasteiger partial charge < -0.3 is 10.4 Å². The molecule has 1 aliphatic rings. The Morgan fingerprint density at radius 3 is 2.62 bits per heavy atom. The SMILES string of the molecule is CSCC(C)(O)CNC1CCCC1. The Morgan fingerprint density at radius 2 is 2.08 bits per heavy atom. The van der Waals surface area contributed by atoms with E-state index in [-0.39, 0.29) is 0 Å². The van der Waals surface area contributed by atoms with Gasteiger partial charge in [-0.25, -0.2) is 0 Å². The highest BCUT2D eigenvalue weighted by atomic mass is 32.2. The van der Waals surface area contributed by atoms with Crippen LogP contribution >= 0.6 is 11.8 Å². The monoisotopic (exact) mass is 203 g/mol. The summed E-state index contributed by atoms with van der Waals surface area (Å²) in [7, 11) is 0. The van der Waals surface area contributed by atoms with Crippen LogP contribution in [0.3, 0.4) is 0 Å². The van der Waals surface area contributed by atoms with Crippen LogP contribution in [0, 0.1) is 0 Å². The van der Waals surface area contributed by atoms with E-state index in [2.05, 4.69) is 5.32 Å². The predicted octanol–water partition coefficient (Wildman–Crippen LogP) is 1.63. The molecule has 78 valence electrons. The summed E-state index contributed by atoms with van der Waals surface area (Å²) in [6.07, 6.45) is 7.30. The van der Waals surface area contributed by atoms with E-state index in [0.29, 0.717) is 6.04 Å². The Bertz CT molecular complexity index is 144. The van der Waals surface area contributed by atoms with E-state index in [9.17, 15) is 5.11 Å². The van der Waals surface area contributed by atoms with Crippen LogP contribution in [0.15, 0.2) is 0 Å². The molecular weight excluding hydrogens is 182 g/mol. The molecule has 0 aromatic rings. The highest BCUT2D eigenvalue weighted by molar-refractivity contribution is 7.98. The first-order valence-corrected chi connectivity index (χ1v) is 6.48. The molecule has 1 unspecified atom stereocenters. The van der Waals surface area contributed by atoms with Gasteiger partial charge in [-0.1, -0.05) is 12.8 Å². The first-order chi connectivity index (χ1) is 6.14. The van der Waals surface area contributed by atoms with Gasteiger partial charge in [0.1, 0.15) is 0 Å². The quantitative estimate of drug-likeness (QED) is 0.712. The minimum absolute atomic E-state index is 0.540. The fourth-order valence-electron chi connectivity index (χ4n) is 1.86. The van der Waals surface area contributed by atoms with Crippen molar-refractivity contribution in [3.8, 4) is 0 Å². The summed E-state index contributed by atoms with van der Waals surface area (Å²) >= 11 is 1.70. The molecule has 3 heteroatoms. The highest BCUT2D eigenvalue weighted by Crippen LogP contribution is 2.18. The van der Waals surface area contributed by atoms with Crippen LogP contribution in [0.2, 0.25) is 0 Å². The molecule has 0 saturated heterocycles.